The maximum absolute atomic E-state index is 2.12. The van der Waals surface area contributed by atoms with Crippen molar-refractivity contribution in [1.29, 1.82) is 0 Å². The first kappa shape index (κ1) is 15.6. The van der Waals surface area contributed by atoms with E-state index in [0.717, 1.165) is 20.9 Å². The van der Waals surface area contributed by atoms with E-state index in [0.29, 0.717) is 0 Å². The Hall–Kier alpha value is 3.57. The van der Waals surface area contributed by atoms with Gasteiger partial charge in [-0.15, -0.1) is 0 Å². The Morgan fingerprint density at radius 3 is 1.25 bits per heavy atom. The van der Waals surface area contributed by atoms with Crippen LogP contribution in [0, 0.1) is 0 Å². The maximum atomic E-state index is 2.12. The molecule has 4 heavy (non-hydrogen) atoms. The van der Waals surface area contributed by atoms with Gasteiger partial charge in [-0.2, -0.15) is 0 Å². The molecule has 0 aromatic carbocycles. The van der Waals surface area contributed by atoms with Crippen LogP contribution < -0.4 is 0 Å². The second kappa shape index (κ2) is 16.0. The molecular weight excluding hydrogens is 553 g/mol. The second-order valence-corrected chi connectivity index (χ2v) is 0. The Morgan fingerprint density at radius 2 is 1.25 bits per heavy atom. The van der Waals surface area contributed by atoms with Crippen LogP contribution in [0.5, 0.6) is 0 Å². The Labute approximate surface area is 90.2 Å². The third kappa shape index (κ3) is 9.13. The van der Waals surface area contributed by atoms with E-state index in [9.17, 15) is 0 Å². The SMILES string of the molecule is [Cd].[Cd]=[Te].[Hg]. The van der Waals surface area contributed by atoms with Crippen molar-refractivity contribution >= 4 is 16.9 Å². The number of rotatable bonds is 0. The predicted molar refractivity (Wildman–Crippen MR) is 5.75 cm³/mol. The van der Waals surface area contributed by atoms with E-state index in [-0.39, 0.29) is 55.0 Å². The zero-order valence-electron chi connectivity index (χ0n) is 2.53. The fourth-order valence-electron chi connectivity index (χ4n) is 0. The van der Waals surface area contributed by atoms with Crippen LogP contribution >= 0.6 is 0 Å². The van der Waals surface area contributed by atoms with Gasteiger partial charge in [-0.1, -0.05) is 0 Å². The summed E-state index contributed by atoms with van der Waals surface area (Å²) >= 11 is 3.28. The summed E-state index contributed by atoms with van der Waals surface area (Å²) in [6, 6.07) is 0. The molecule has 0 radical (unpaired) electrons. The minimum absolute atomic E-state index is 0. The van der Waals surface area contributed by atoms with Crippen LogP contribution in [0.25, 0.3) is 0 Å². The minimum Gasteiger partial charge on any atom is 0 e. The van der Waals surface area contributed by atoms with Gasteiger partial charge in [0.2, 0.25) is 0 Å². The summed E-state index contributed by atoms with van der Waals surface area (Å²) < 4.78 is 0. The van der Waals surface area contributed by atoms with Crippen LogP contribution in [0.3, 0.4) is 0 Å². The molecule has 0 nitrogen and oxygen atoms in total. The minimum atomic E-state index is 0. The molecule has 0 aromatic heterocycles. The van der Waals surface area contributed by atoms with Crippen molar-refractivity contribution in [3.63, 3.8) is 0 Å². The molecule has 12 valence electrons. The molecule has 0 bridgehead atoms. The first-order valence-electron chi connectivity index (χ1n) is 0.289. The molecule has 0 heterocycles. The van der Waals surface area contributed by atoms with E-state index in [1.807, 2.05) is 0 Å². The van der Waals surface area contributed by atoms with Gasteiger partial charge >= 0.3 is 37.7 Å². The molecule has 0 aromatic rings. The molecule has 0 N–H and O–H groups in total. The molecule has 0 aliphatic heterocycles. The normalized spacial score (nSPS) is 1.50. The van der Waals surface area contributed by atoms with E-state index < -0.39 is 0 Å². The molecule has 0 spiro atoms. The summed E-state index contributed by atoms with van der Waals surface area (Å²) in [4.78, 5) is 0. The topological polar surface area (TPSA) is 0 Å². The zero-order chi connectivity index (χ0) is 2.00. The van der Waals surface area contributed by atoms with Crippen molar-refractivity contribution in [2.45, 2.75) is 0 Å². The standard InChI is InChI=1S/2Cd.Hg.Te. The van der Waals surface area contributed by atoms with Crippen molar-refractivity contribution < 1.29 is 75.9 Å². The summed E-state index contributed by atoms with van der Waals surface area (Å²) in [5.41, 5.74) is 0. The summed E-state index contributed by atoms with van der Waals surface area (Å²) in [6.45, 7) is 0. The van der Waals surface area contributed by atoms with Crippen LogP contribution in [0.15, 0.2) is 0 Å². The second-order valence-electron chi connectivity index (χ2n) is 0. The molecule has 0 saturated heterocycles. The van der Waals surface area contributed by atoms with E-state index in [2.05, 4.69) is 16.9 Å². The molecule has 0 rings (SSSR count). The van der Waals surface area contributed by atoms with Gasteiger partial charge in [-0.25, -0.2) is 0 Å². The van der Waals surface area contributed by atoms with Gasteiger partial charge in [-0.05, 0) is 0 Å². The van der Waals surface area contributed by atoms with Crippen LogP contribution in [0.4, 0.5) is 0 Å². The van der Waals surface area contributed by atoms with Crippen molar-refractivity contribution in [2.75, 3.05) is 0 Å². The zero-order valence-corrected chi connectivity index (χ0v) is 18.4. The summed E-state index contributed by atoms with van der Waals surface area (Å²) in [7, 11) is 0. The molecular formula is Cd2HgTe. The fourth-order valence-corrected chi connectivity index (χ4v) is 0. The van der Waals surface area contributed by atoms with Crippen LogP contribution in [-0.2, 0) is 75.9 Å². The van der Waals surface area contributed by atoms with Crippen molar-refractivity contribution in [3.8, 4) is 0 Å². The predicted octanol–water partition coefficient (Wildman–Crippen LogP) is -0.388. The van der Waals surface area contributed by atoms with Gasteiger partial charge in [0, 0.05) is 55.0 Å². The molecule has 0 amide bonds. The number of hydrogen-bond acceptors (Lipinski definition) is 0. The first-order chi connectivity index (χ1) is 1.00. The van der Waals surface area contributed by atoms with E-state index in [4.69, 9.17) is 0 Å². The van der Waals surface area contributed by atoms with E-state index >= 15 is 0 Å². The molecule has 4 heteroatoms. The van der Waals surface area contributed by atoms with Crippen molar-refractivity contribution in [1.82, 2.24) is 0 Å². The average Bonchev–Trinajstić information content (AvgIpc) is 1.00. The van der Waals surface area contributed by atoms with Gasteiger partial charge in [0.15, 0.2) is 0 Å². The maximum Gasteiger partial charge on any atom is 0 e. The van der Waals surface area contributed by atoms with E-state index in [1.165, 1.54) is 0 Å². The third-order valence-corrected chi connectivity index (χ3v) is 0. The van der Waals surface area contributed by atoms with Gasteiger partial charge in [-0.3, -0.25) is 0 Å². The van der Waals surface area contributed by atoms with Crippen LogP contribution in [0.1, 0.15) is 0 Å². The molecule has 0 saturated carbocycles. The van der Waals surface area contributed by atoms with Crippen molar-refractivity contribution in [3.05, 3.63) is 0 Å². The average molecular weight is 553 g/mol. The quantitative estimate of drug-likeness (QED) is 0.359. The van der Waals surface area contributed by atoms with E-state index in [1.54, 1.807) is 0 Å². The Balaban J connectivity index is -0.00000000500. The van der Waals surface area contributed by atoms with Gasteiger partial charge in [0.25, 0.3) is 0 Å². The molecule has 0 aliphatic carbocycles. The summed E-state index contributed by atoms with van der Waals surface area (Å²) in [5.74, 6) is 0. The molecule has 0 unspecified atom stereocenters. The Kier molecular flexibility index (Phi) is 62.6. The van der Waals surface area contributed by atoms with Crippen LogP contribution in [-0.4, -0.2) is 16.9 Å². The molecule has 0 atom stereocenters. The van der Waals surface area contributed by atoms with Gasteiger partial charge < -0.3 is 0 Å². The largest absolute Gasteiger partial charge is 0 e. The van der Waals surface area contributed by atoms with Gasteiger partial charge in [0.05, 0.1) is 0 Å². The summed E-state index contributed by atoms with van der Waals surface area (Å²) in [5, 5.41) is 0. The first-order valence-corrected chi connectivity index (χ1v) is 13.0. The number of hydrogen-bond donors (Lipinski definition) is 0. The smallest absolute Gasteiger partial charge is 0 e. The fraction of sp³-hybridized carbons (Fsp3) is 0. The Morgan fingerprint density at radius 1 is 1.25 bits per heavy atom. The third-order valence-electron chi connectivity index (χ3n) is 0. The van der Waals surface area contributed by atoms with Crippen molar-refractivity contribution in [2.24, 2.45) is 0 Å². The molecule has 0 aliphatic rings. The van der Waals surface area contributed by atoms with Gasteiger partial charge in [0.1, 0.15) is 0 Å². The monoisotopic (exact) mass is 560 g/mol. The summed E-state index contributed by atoms with van der Waals surface area (Å²) in [6.07, 6.45) is 0. The molecule has 0 fully saturated rings. The Bertz CT molecular complexity index is 6.00. The van der Waals surface area contributed by atoms with Crippen LogP contribution in [0.2, 0.25) is 0 Å².